The average molecular weight is 346 g/mol. The van der Waals surface area contributed by atoms with Crippen LogP contribution in [0.1, 0.15) is 10.4 Å². The second-order valence-electron chi connectivity index (χ2n) is 4.25. The van der Waals surface area contributed by atoms with Crippen molar-refractivity contribution in [1.29, 1.82) is 0 Å². The van der Waals surface area contributed by atoms with Gasteiger partial charge in [-0.15, -0.1) is 0 Å². The molecule has 0 unspecified atom stereocenters. The van der Waals surface area contributed by atoms with Crippen molar-refractivity contribution in [3.63, 3.8) is 0 Å². The highest BCUT2D eigenvalue weighted by molar-refractivity contribution is 7.92. The molecule has 1 aromatic carbocycles. The van der Waals surface area contributed by atoms with E-state index in [2.05, 4.69) is 14.4 Å². The fourth-order valence-corrected chi connectivity index (χ4v) is 3.17. The zero-order valence-electron chi connectivity index (χ0n) is 11.6. The number of aryl methyl sites for hydroxylation is 1. The van der Waals surface area contributed by atoms with Gasteiger partial charge in [0.05, 0.1) is 19.1 Å². The van der Waals surface area contributed by atoms with Crippen LogP contribution in [-0.4, -0.2) is 36.2 Å². The number of aromatic nitrogens is 2. The number of carbonyl (C=O) groups is 1. The lowest BCUT2D eigenvalue weighted by Gasteiger charge is -2.10. The molecule has 10 heteroatoms. The Labute approximate surface area is 131 Å². The van der Waals surface area contributed by atoms with E-state index < -0.39 is 21.7 Å². The third-order valence-corrected chi connectivity index (χ3v) is 4.63. The summed E-state index contributed by atoms with van der Waals surface area (Å²) >= 11 is 5.85. The number of methoxy groups -OCH3 is 1. The summed E-state index contributed by atoms with van der Waals surface area (Å²) in [6.07, 6.45) is 1.24. The number of phenols is 1. The van der Waals surface area contributed by atoms with Crippen molar-refractivity contribution in [1.82, 2.24) is 9.55 Å². The Hall–Kier alpha value is -2.26. The summed E-state index contributed by atoms with van der Waals surface area (Å²) in [4.78, 5) is 15.2. The molecule has 0 saturated heterocycles. The summed E-state index contributed by atoms with van der Waals surface area (Å²) in [6, 6.07) is 3.98. The van der Waals surface area contributed by atoms with Crippen molar-refractivity contribution in [2.24, 2.45) is 7.05 Å². The van der Waals surface area contributed by atoms with Gasteiger partial charge in [0.1, 0.15) is 10.7 Å². The number of para-hydroxylation sites is 1. The van der Waals surface area contributed by atoms with E-state index >= 15 is 0 Å². The maximum atomic E-state index is 12.2. The van der Waals surface area contributed by atoms with Crippen LogP contribution in [0.4, 0.5) is 5.69 Å². The number of halogens is 1. The van der Waals surface area contributed by atoms with Gasteiger partial charge >= 0.3 is 5.97 Å². The van der Waals surface area contributed by atoms with Gasteiger partial charge < -0.3 is 14.4 Å². The molecule has 0 amide bonds. The Bertz CT molecular complexity index is 831. The normalized spacial score (nSPS) is 11.2. The van der Waals surface area contributed by atoms with Gasteiger partial charge in [-0.3, -0.25) is 4.72 Å². The smallest absolute Gasteiger partial charge is 0.341 e. The maximum Gasteiger partial charge on any atom is 0.341 e. The third-order valence-electron chi connectivity index (χ3n) is 2.77. The molecule has 0 aliphatic heterocycles. The number of hydrogen-bond donors (Lipinski definition) is 2. The number of ether oxygens (including phenoxy) is 1. The maximum absolute atomic E-state index is 12.2. The molecule has 0 fully saturated rings. The summed E-state index contributed by atoms with van der Waals surface area (Å²) < 4.78 is 32.4. The van der Waals surface area contributed by atoms with Crippen molar-refractivity contribution in [2.45, 2.75) is 5.03 Å². The number of nitrogens with zero attached hydrogens (tertiary/aromatic N) is 2. The van der Waals surface area contributed by atoms with E-state index in [-0.39, 0.29) is 21.4 Å². The Kier molecular flexibility index (Phi) is 4.29. The lowest BCUT2D eigenvalue weighted by molar-refractivity contribution is 0.0597. The summed E-state index contributed by atoms with van der Waals surface area (Å²) in [7, 11) is -1.44. The van der Waals surface area contributed by atoms with E-state index in [0.717, 1.165) is 7.11 Å². The van der Waals surface area contributed by atoms with E-state index in [1.54, 1.807) is 0 Å². The first kappa shape index (κ1) is 16.1. The Morgan fingerprint density at radius 1 is 1.45 bits per heavy atom. The molecular weight excluding hydrogens is 334 g/mol. The first-order valence-corrected chi connectivity index (χ1v) is 7.74. The Balaban J connectivity index is 2.43. The number of phenolic OH excluding ortho intramolecular Hbond substituents is 1. The van der Waals surface area contributed by atoms with Gasteiger partial charge in [-0.25, -0.2) is 9.78 Å². The largest absolute Gasteiger partial charge is 0.505 e. The number of benzene rings is 1. The predicted octanol–water partition coefficient (Wildman–Crippen LogP) is 1.37. The fourth-order valence-electron chi connectivity index (χ4n) is 1.67. The molecule has 0 atom stereocenters. The van der Waals surface area contributed by atoms with E-state index in [4.69, 9.17) is 11.6 Å². The molecule has 8 nitrogen and oxygen atoms in total. The lowest BCUT2D eigenvalue weighted by Crippen LogP contribution is -2.15. The van der Waals surface area contributed by atoms with Gasteiger partial charge in [0, 0.05) is 7.05 Å². The second kappa shape index (κ2) is 5.85. The summed E-state index contributed by atoms with van der Waals surface area (Å²) in [5.74, 6) is -1.35. The topological polar surface area (TPSA) is 111 Å². The van der Waals surface area contributed by atoms with E-state index in [1.165, 1.54) is 36.1 Å². The molecule has 0 aliphatic rings. The highest BCUT2D eigenvalue weighted by Crippen LogP contribution is 2.30. The van der Waals surface area contributed by atoms with E-state index in [0.29, 0.717) is 0 Å². The predicted molar refractivity (Wildman–Crippen MR) is 78.5 cm³/mol. The molecule has 0 bridgehead atoms. The molecule has 2 rings (SSSR count). The summed E-state index contributed by atoms with van der Waals surface area (Å²) in [5, 5.41) is 9.51. The molecule has 118 valence electrons. The number of sulfonamides is 1. The van der Waals surface area contributed by atoms with Crippen LogP contribution < -0.4 is 4.72 Å². The van der Waals surface area contributed by atoms with E-state index in [9.17, 15) is 18.3 Å². The minimum atomic E-state index is -4.12. The van der Waals surface area contributed by atoms with Gasteiger partial charge in [-0.1, -0.05) is 17.7 Å². The highest BCUT2D eigenvalue weighted by Gasteiger charge is 2.25. The molecule has 0 aliphatic carbocycles. The first-order valence-electron chi connectivity index (χ1n) is 5.88. The van der Waals surface area contributed by atoms with Gasteiger partial charge in [0.15, 0.2) is 5.75 Å². The lowest BCUT2D eigenvalue weighted by atomic mass is 10.2. The van der Waals surface area contributed by atoms with Crippen LogP contribution in [0.5, 0.6) is 5.75 Å². The number of nitrogens with one attached hydrogen (secondary N) is 1. The molecule has 0 radical (unpaired) electrons. The number of hydrogen-bond acceptors (Lipinski definition) is 6. The molecule has 0 spiro atoms. The molecule has 0 saturated carbocycles. The quantitative estimate of drug-likeness (QED) is 0.639. The zero-order chi connectivity index (χ0) is 16.5. The van der Waals surface area contributed by atoms with Gasteiger partial charge in [-0.2, -0.15) is 8.42 Å². The Morgan fingerprint density at radius 3 is 2.68 bits per heavy atom. The van der Waals surface area contributed by atoms with E-state index in [1.807, 2.05) is 0 Å². The molecular formula is C12H12ClN3O5S. The standard InChI is InChI=1S/C12H12ClN3O5S/c1-16-6-14-11(10(16)13)22(19,20)15-8-5-3-4-7(9(8)17)12(18)21-2/h3-6,15,17H,1-2H3. The summed E-state index contributed by atoms with van der Waals surface area (Å²) in [5.41, 5.74) is -0.362. The number of aromatic hydroxyl groups is 1. The van der Waals surface area contributed by atoms with Crippen molar-refractivity contribution < 1.29 is 23.1 Å². The van der Waals surface area contributed by atoms with Crippen molar-refractivity contribution >= 4 is 33.3 Å². The van der Waals surface area contributed by atoms with Crippen molar-refractivity contribution in [2.75, 3.05) is 11.8 Å². The second-order valence-corrected chi connectivity index (χ2v) is 6.21. The third kappa shape index (κ3) is 2.85. The van der Waals surface area contributed by atoms with Gasteiger partial charge in [0.25, 0.3) is 10.0 Å². The summed E-state index contributed by atoms with van der Waals surface area (Å²) in [6.45, 7) is 0. The number of anilines is 1. The molecule has 22 heavy (non-hydrogen) atoms. The molecule has 1 aromatic heterocycles. The van der Waals surface area contributed by atoms with Crippen LogP contribution in [0.3, 0.4) is 0 Å². The number of rotatable bonds is 4. The highest BCUT2D eigenvalue weighted by atomic mass is 35.5. The van der Waals surface area contributed by atoms with Crippen LogP contribution >= 0.6 is 11.6 Å². The molecule has 1 heterocycles. The van der Waals surface area contributed by atoms with Crippen molar-refractivity contribution in [3.05, 3.63) is 35.2 Å². The van der Waals surface area contributed by atoms with Gasteiger partial charge in [0.2, 0.25) is 5.03 Å². The molecule has 2 aromatic rings. The Morgan fingerprint density at radius 2 is 2.14 bits per heavy atom. The zero-order valence-corrected chi connectivity index (χ0v) is 13.1. The van der Waals surface area contributed by atoms with Crippen LogP contribution in [-0.2, 0) is 21.8 Å². The minimum Gasteiger partial charge on any atom is -0.505 e. The van der Waals surface area contributed by atoms with Gasteiger partial charge in [-0.05, 0) is 12.1 Å². The minimum absolute atomic E-state index is 0.0869. The number of imidazole rings is 1. The first-order chi connectivity index (χ1) is 10.3. The molecule has 2 N–H and O–H groups in total. The number of carbonyl (C=O) groups excluding carboxylic acids is 1. The monoisotopic (exact) mass is 345 g/mol. The van der Waals surface area contributed by atoms with Crippen LogP contribution in [0.15, 0.2) is 29.6 Å². The SMILES string of the molecule is COC(=O)c1cccc(NS(=O)(=O)c2ncn(C)c2Cl)c1O. The average Bonchev–Trinajstić information content (AvgIpc) is 2.81. The fraction of sp³-hybridized carbons (Fsp3) is 0.167. The van der Waals surface area contributed by atoms with Crippen LogP contribution in [0.25, 0.3) is 0 Å². The van der Waals surface area contributed by atoms with Crippen molar-refractivity contribution in [3.8, 4) is 5.75 Å². The number of esters is 1. The van der Waals surface area contributed by atoms with Crippen LogP contribution in [0, 0.1) is 0 Å². The van der Waals surface area contributed by atoms with Crippen LogP contribution in [0.2, 0.25) is 5.15 Å².